The number of aromatic carboxylic acids is 1. The zero-order chi connectivity index (χ0) is 43.7. The maximum absolute atomic E-state index is 11.5. The van der Waals surface area contributed by atoms with Crippen molar-refractivity contribution in [1.29, 1.82) is 0 Å². The number of thiazole rings is 2. The molecule has 0 aliphatic heterocycles. The normalized spacial score (nSPS) is 10.3. The number of aromatic nitrogens is 2. The first-order valence-electron chi connectivity index (χ1n) is 19.2. The lowest BCUT2D eigenvalue weighted by Crippen LogP contribution is -2.29. The number of carbonyl (C=O) groups excluding carboxylic acids is 1. The number of nitrogens with zero attached hydrogens (tertiary/aromatic N) is 2. The van der Waals surface area contributed by atoms with Gasteiger partial charge in [0.15, 0.2) is 11.4 Å². The van der Waals surface area contributed by atoms with Crippen LogP contribution in [0, 0.1) is 3.57 Å². The first-order chi connectivity index (χ1) is 30.1. The predicted molar refractivity (Wildman–Crippen MR) is 254 cm³/mol. The van der Waals surface area contributed by atoms with Crippen molar-refractivity contribution in [3.05, 3.63) is 193 Å². The van der Waals surface area contributed by atoms with Gasteiger partial charge >= 0.3 is 19.1 Å². The van der Waals surface area contributed by atoms with E-state index in [1.165, 1.54) is 39.2 Å². The van der Waals surface area contributed by atoms with Gasteiger partial charge in [-0.2, -0.15) is 0 Å². The number of halogens is 1. The fourth-order valence-corrected chi connectivity index (χ4v) is 7.45. The molecule has 0 fully saturated rings. The van der Waals surface area contributed by atoms with Crippen molar-refractivity contribution < 1.29 is 39.0 Å². The lowest BCUT2D eigenvalue weighted by Gasteiger charge is -2.08. The summed E-state index contributed by atoms with van der Waals surface area (Å²) in [5.74, 6) is 0.0900. The van der Waals surface area contributed by atoms with Crippen LogP contribution in [0.5, 0.6) is 11.5 Å². The van der Waals surface area contributed by atoms with Gasteiger partial charge in [-0.05, 0) is 111 Å². The molecule has 6 aromatic carbocycles. The van der Waals surface area contributed by atoms with Crippen LogP contribution in [0.4, 0.5) is 0 Å². The zero-order valence-corrected chi connectivity index (χ0v) is 37.1. The summed E-state index contributed by atoms with van der Waals surface area (Å²) in [5.41, 5.74) is 7.57. The van der Waals surface area contributed by atoms with Gasteiger partial charge < -0.3 is 29.4 Å². The molecule has 3 N–H and O–H groups in total. The van der Waals surface area contributed by atoms with Crippen molar-refractivity contribution >= 4 is 69.8 Å². The van der Waals surface area contributed by atoms with E-state index in [0.717, 1.165) is 42.3 Å². The number of carbonyl (C=O) groups is 2. The average Bonchev–Trinajstić information content (AvgIpc) is 4.01. The Balaban J connectivity index is 0.000000164. The third-order valence-electron chi connectivity index (χ3n) is 8.79. The molecular formula is C48H40BIN2O8S2. The van der Waals surface area contributed by atoms with Crippen LogP contribution in [-0.2, 0) is 18.0 Å². The summed E-state index contributed by atoms with van der Waals surface area (Å²) in [6.45, 7) is 2.72. The molecule has 8 aromatic rings. The number of carboxylic acid groups (broad SMARTS) is 1. The van der Waals surface area contributed by atoms with E-state index in [9.17, 15) is 9.59 Å². The number of hydrogen-bond acceptors (Lipinski definition) is 11. The first-order valence-corrected chi connectivity index (χ1v) is 22.1. The van der Waals surface area contributed by atoms with Crippen LogP contribution in [0.15, 0.2) is 168 Å². The Morgan fingerprint density at radius 1 is 0.581 bits per heavy atom. The molecule has 62 heavy (non-hydrogen) atoms. The van der Waals surface area contributed by atoms with Crippen LogP contribution in [0.2, 0.25) is 0 Å². The Bertz CT molecular complexity index is 2640. The maximum Gasteiger partial charge on any atom is 0.488 e. The van der Waals surface area contributed by atoms with Crippen LogP contribution in [0.1, 0.15) is 37.9 Å². The quantitative estimate of drug-likeness (QED) is 0.0579. The Hall–Kier alpha value is -6.17. The number of hydrogen-bond donors (Lipinski definition) is 3. The Labute approximate surface area is 381 Å². The van der Waals surface area contributed by atoms with Crippen LogP contribution in [0.3, 0.4) is 0 Å². The standard InChI is InChI=1S/C23H17NO3S.C13H12INO3S.C12H11BO2/c25-23(26)21-15-28-22(24-21)14-27-20-11-9-17(10-12-20)19-8-4-7-18(13-19)16-5-2-1-3-6-16;1-2-17-13(16)11-8-19-12(15-11)7-18-10-5-3-9(14)4-6-10;14-13(15)12-8-4-7-11(9-12)10-5-2-1-3-6-10/h1-13,15H,14H2,(H,25,26);3-6,8H,2,7H2,1H3;1-9,14-15H. The van der Waals surface area contributed by atoms with Gasteiger partial charge in [-0.3, -0.25) is 0 Å². The molecular weight excluding hydrogens is 934 g/mol. The Morgan fingerprint density at radius 3 is 1.53 bits per heavy atom. The van der Waals surface area contributed by atoms with Crippen molar-refractivity contribution in [1.82, 2.24) is 9.97 Å². The summed E-state index contributed by atoms with van der Waals surface area (Å²) in [6.07, 6.45) is 0. The predicted octanol–water partition coefficient (Wildman–Crippen LogP) is 10.3. The molecule has 0 saturated heterocycles. The minimum atomic E-state index is -1.41. The fourth-order valence-electron chi connectivity index (χ4n) is 5.73. The van der Waals surface area contributed by atoms with Crippen LogP contribution in [0.25, 0.3) is 33.4 Å². The zero-order valence-electron chi connectivity index (χ0n) is 33.3. The van der Waals surface area contributed by atoms with Crippen LogP contribution >= 0.6 is 45.3 Å². The number of esters is 1. The molecule has 0 radical (unpaired) electrons. The van der Waals surface area contributed by atoms with Gasteiger partial charge in [0.1, 0.15) is 34.7 Å². The van der Waals surface area contributed by atoms with Crippen molar-refractivity contribution in [3.8, 4) is 44.9 Å². The second-order valence-electron chi connectivity index (χ2n) is 13.1. The van der Waals surface area contributed by atoms with Gasteiger partial charge in [0, 0.05) is 14.3 Å². The molecule has 2 aromatic heterocycles. The molecule has 0 aliphatic rings. The molecule has 0 aliphatic carbocycles. The van der Waals surface area contributed by atoms with E-state index < -0.39 is 13.1 Å². The molecule has 0 unspecified atom stereocenters. The highest BCUT2D eigenvalue weighted by Gasteiger charge is 2.13. The molecule has 2 heterocycles. The molecule has 10 nitrogen and oxygen atoms in total. The van der Waals surface area contributed by atoms with Gasteiger partial charge in [0.2, 0.25) is 0 Å². The fraction of sp³-hybridized carbons (Fsp3) is 0.0833. The Morgan fingerprint density at radius 2 is 1.03 bits per heavy atom. The topological polar surface area (TPSA) is 148 Å². The average molecular weight is 975 g/mol. The second kappa shape index (κ2) is 23.2. The largest absolute Gasteiger partial charge is 0.488 e. The first kappa shape index (κ1) is 45.4. The summed E-state index contributed by atoms with van der Waals surface area (Å²) in [6, 6.07) is 51.4. The number of benzene rings is 6. The molecule has 0 spiro atoms. The highest BCUT2D eigenvalue weighted by Crippen LogP contribution is 2.28. The van der Waals surface area contributed by atoms with E-state index in [2.05, 4.69) is 69.0 Å². The van der Waals surface area contributed by atoms with Crippen molar-refractivity contribution in [2.24, 2.45) is 0 Å². The lowest BCUT2D eigenvalue weighted by molar-refractivity contribution is 0.0519. The molecule has 0 bridgehead atoms. The smallest absolute Gasteiger partial charge is 0.486 e. The summed E-state index contributed by atoms with van der Waals surface area (Å²) in [7, 11) is -1.41. The number of carboxylic acids is 1. The van der Waals surface area contributed by atoms with Crippen LogP contribution < -0.4 is 14.9 Å². The van der Waals surface area contributed by atoms with Gasteiger partial charge in [0.25, 0.3) is 0 Å². The van der Waals surface area contributed by atoms with Gasteiger partial charge in [-0.25, -0.2) is 19.6 Å². The number of ether oxygens (including phenoxy) is 3. The molecule has 312 valence electrons. The minimum absolute atomic E-state index is 0.0530. The third kappa shape index (κ3) is 13.7. The van der Waals surface area contributed by atoms with Gasteiger partial charge in [0.05, 0.1) is 6.61 Å². The van der Waals surface area contributed by atoms with E-state index in [0.29, 0.717) is 29.4 Å². The monoisotopic (exact) mass is 974 g/mol. The van der Waals surface area contributed by atoms with Crippen molar-refractivity contribution in [3.63, 3.8) is 0 Å². The van der Waals surface area contributed by atoms with Crippen molar-refractivity contribution in [2.45, 2.75) is 20.1 Å². The molecule has 0 amide bonds. The third-order valence-corrected chi connectivity index (χ3v) is 11.2. The SMILES string of the molecule is CCOC(=O)c1csc(COc2ccc(I)cc2)n1.O=C(O)c1csc(COc2ccc(-c3cccc(-c4ccccc4)c3)cc2)n1.OB(O)c1cccc(-c2ccccc2)c1. The lowest BCUT2D eigenvalue weighted by atomic mass is 9.79. The highest BCUT2D eigenvalue weighted by molar-refractivity contribution is 14.1. The summed E-state index contributed by atoms with van der Waals surface area (Å²) < 4.78 is 17.4. The second-order valence-corrected chi connectivity index (χ2v) is 16.3. The maximum atomic E-state index is 11.5. The summed E-state index contributed by atoms with van der Waals surface area (Å²) in [5, 5.41) is 31.6. The molecule has 0 atom stereocenters. The minimum Gasteiger partial charge on any atom is -0.486 e. The van der Waals surface area contributed by atoms with Crippen molar-refractivity contribution in [2.75, 3.05) is 6.61 Å². The summed E-state index contributed by atoms with van der Waals surface area (Å²) >= 11 is 4.90. The van der Waals surface area contributed by atoms with Gasteiger partial charge in [-0.1, -0.05) is 115 Å². The molecule has 14 heteroatoms. The molecule has 0 saturated carbocycles. The molecule has 8 rings (SSSR count). The van der Waals surface area contributed by atoms with Gasteiger partial charge in [-0.15, -0.1) is 22.7 Å². The van der Waals surface area contributed by atoms with E-state index in [1.807, 2.05) is 109 Å². The van der Waals surface area contributed by atoms with E-state index in [4.69, 9.17) is 29.4 Å². The highest BCUT2D eigenvalue weighted by atomic mass is 127. The summed E-state index contributed by atoms with van der Waals surface area (Å²) in [4.78, 5) is 30.5. The van der Waals surface area contributed by atoms with Crippen LogP contribution in [-0.4, -0.2) is 50.8 Å². The van der Waals surface area contributed by atoms with E-state index in [1.54, 1.807) is 24.4 Å². The van der Waals surface area contributed by atoms with E-state index in [-0.39, 0.29) is 18.3 Å². The van der Waals surface area contributed by atoms with E-state index >= 15 is 0 Å². The number of rotatable bonds is 13. The Kier molecular flexibility index (Phi) is 16.9.